The van der Waals surface area contributed by atoms with Gasteiger partial charge < -0.3 is 15.5 Å². The summed E-state index contributed by atoms with van der Waals surface area (Å²) in [6.07, 6.45) is 2.04. The molecule has 0 aliphatic heterocycles. The summed E-state index contributed by atoms with van der Waals surface area (Å²) in [6.45, 7) is 6.78. The number of halogens is 2. The molecule has 0 aromatic heterocycles. The molecule has 0 aliphatic rings. The molecule has 25 heavy (non-hydrogen) atoms. The van der Waals surface area contributed by atoms with Crippen LogP contribution in [0, 0.1) is 5.92 Å². The van der Waals surface area contributed by atoms with Crippen molar-refractivity contribution in [1.82, 2.24) is 5.32 Å². The van der Waals surface area contributed by atoms with Gasteiger partial charge in [0.1, 0.15) is 0 Å². The Hall–Kier alpha value is -1.30. The fourth-order valence-corrected chi connectivity index (χ4v) is 2.67. The van der Waals surface area contributed by atoms with Crippen LogP contribution in [-0.2, 0) is 9.59 Å². The summed E-state index contributed by atoms with van der Waals surface area (Å²) < 4.78 is 0. The summed E-state index contributed by atoms with van der Waals surface area (Å²) in [4.78, 5) is 24.9. The highest BCUT2D eigenvalue weighted by Crippen LogP contribution is 2.24. The van der Waals surface area contributed by atoms with Crippen LogP contribution in [0.1, 0.15) is 33.6 Å². The smallest absolute Gasteiger partial charge is 0.279 e. The fraction of sp³-hybridized carbons (Fsp3) is 0.556. The topological polar surface area (TPSA) is 62.6 Å². The van der Waals surface area contributed by atoms with Gasteiger partial charge in [0.25, 0.3) is 11.8 Å². The van der Waals surface area contributed by atoms with E-state index in [2.05, 4.69) is 24.5 Å². The summed E-state index contributed by atoms with van der Waals surface area (Å²) in [7, 11) is 1.81. The van der Waals surface area contributed by atoms with Crippen LogP contribution in [0.15, 0.2) is 18.2 Å². The number of carbonyl (C=O) groups is 2. The van der Waals surface area contributed by atoms with Crippen molar-refractivity contribution >= 4 is 40.7 Å². The number of rotatable bonds is 9. The molecule has 0 bridgehead atoms. The molecule has 0 saturated heterocycles. The van der Waals surface area contributed by atoms with Gasteiger partial charge in [0.05, 0.1) is 17.1 Å². The summed E-state index contributed by atoms with van der Waals surface area (Å²) in [5.74, 6) is 0.394. The van der Waals surface area contributed by atoms with Crippen molar-refractivity contribution in [1.29, 1.82) is 0 Å². The zero-order chi connectivity index (χ0) is 19.0. The van der Waals surface area contributed by atoms with Crippen molar-refractivity contribution in [3.05, 3.63) is 28.2 Å². The Morgan fingerprint density at radius 2 is 1.68 bits per heavy atom. The van der Waals surface area contributed by atoms with Gasteiger partial charge in [-0.1, -0.05) is 37.0 Å². The van der Waals surface area contributed by atoms with Gasteiger partial charge in [-0.3, -0.25) is 9.59 Å². The van der Waals surface area contributed by atoms with Crippen LogP contribution in [0.25, 0.3) is 0 Å². The molecule has 0 fully saturated rings. The normalized spacial score (nSPS) is 13.4. The summed E-state index contributed by atoms with van der Waals surface area (Å²) in [5, 5.41) is 6.55. The van der Waals surface area contributed by atoms with Gasteiger partial charge in [-0.15, -0.1) is 0 Å². The minimum atomic E-state index is -0.184. The quantitative estimate of drug-likeness (QED) is 0.607. The molecule has 140 valence electrons. The average molecular weight is 389 g/mol. The summed E-state index contributed by atoms with van der Waals surface area (Å²) in [6, 6.07) is 5.06. The first kappa shape index (κ1) is 21.7. The molecule has 3 N–H and O–H groups in total. The van der Waals surface area contributed by atoms with Crippen LogP contribution in [0.3, 0.4) is 0 Å². The van der Waals surface area contributed by atoms with E-state index in [-0.39, 0.29) is 30.9 Å². The molecule has 2 amide bonds. The maximum atomic E-state index is 12.1. The van der Waals surface area contributed by atoms with Gasteiger partial charge in [0.2, 0.25) is 0 Å². The number of benzene rings is 1. The molecular weight excluding hydrogens is 361 g/mol. The molecule has 0 saturated carbocycles. The molecule has 2 atom stereocenters. The number of anilines is 1. The molecule has 1 rings (SSSR count). The third-order valence-corrected chi connectivity index (χ3v) is 4.45. The lowest BCUT2D eigenvalue weighted by Crippen LogP contribution is -3.11. The third kappa shape index (κ3) is 9.10. The molecule has 7 heteroatoms. The first-order valence-corrected chi connectivity index (χ1v) is 9.28. The van der Waals surface area contributed by atoms with E-state index in [1.165, 1.54) is 0 Å². The zero-order valence-corrected chi connectivity index (χ0v) is 16.8. The van der Waals surface area contributed by atoms with E-state index in [4.69, 9.17) is 23.2 Å². The Labute approximate surface area is 160 Å². The number of amides is 2. The number of quaternary nitrogens is 1. The predicted octanol–water partition coefficient (Wildman–Crippen LogP) is 2.39. The highest BCUT2D eigenvalue weighted by molar-refractivity contribution is 6.42. The van der Waals surface area contributed by atoms with Gasteiger partial charge in [-0.05, 0) is 43.9 Å². The lowest BCUT2D eigenvalue weighted by atomic mass is 10.0. The van der Waals surface area contributed by atoms with Crippen molar-refractivity contribution in [2.75, 3.05) is 25.5 Å². The van der Waals surface area contributed by atoms with Crippen molar-refractivity contribution in [3.63, 3.8) is 0 Å². The first-order valence-electron chi connectivity index (χ1n) is 8.53. The highest BCUT2D eigenvalue weighted by Gasteiger charge is 2.16. The predicted molar refractivity (Wildman–Crippen MR) is 103 cm³/mol. The second-order valence-electron chi connectivity index (χ2n) is 6.93. The Morgan fingerprint density at radius 3 is 2.28 bits per heavy atom. The highest BCUT2D eigenvalue weighted by atomic mass is 35.5. The number of hydrogen-bond acceptors (Lipinski definition) is 2. The van der Waals surface area contributed by atoms with Crippen molar-refractivity contribution in [3.8, 4) is 0 Å². The van der Waals surface area contributed by atoms with Gasteiger partial charge >= 0.3 is 0 Å². The van der Waals surface area contributed by atoms with Gasteiger partial charge in [0.15, 0.2) is 13.1 Å². The number of carbonyl (C=O) groups excluding carboxylic acids is 2. The van der Waals surface area contributed by atoms with Gasteiger partial charge in [-0.2, -0.15) is 0 Å². The Morgan fingerprint density at radius 1 is 1.04 bits per heavy atom. The first-order chi connectivity index (χ1) is 11.7. The number of likely N-dealkylation sites (N-methyl/N-ethyl adjacent to an activating group) is 1. The second kappa shape index (κ2) is 10.6. The Balaban J connectivity index is 2.37. The molecule has 0 aliphatic carbocycles. The molecule has 0 radical (unpaired) electrons. The Bertz CT molecular complexity index is 594. The van der Waals surface area contributed by atoms with E-state index in [0.717, 1.165) is 17.7 Å². The zero-order valence-electron chi connectivity index (χ0n) is 15.3. The number of hydrogen-bond donors (Lipinski definition) is 3. The Kier molecular flexibility index (Phi) is 9.25. The van der Waals surface area contributed by atoms with Crippen molar-refractivity contribution in [2.45, 2.75) is 39.7 Å². The SMILES string of the molecule is CC(C)CC[C@H](C)NC(=O)C[NH+](C)CC(=O)Nc1ccc(Cl)c(Cl)c1. The maximum absolute atomic E-state index is 12.1. The van der Waals surface area contributed by atoms with E-state index in [1.54, 1.807) is 18.2 Å². The lowest BCUT2D eigenvalue weighted by Gasteiger charge is -2.17. The summed E-state index contributed by atoms with van der Waals surface area (Å²) >= 11 is 11.8. The lowest BCUT2D eigenvalue weighted by molar-refractivity contribution is -0.862. The molecule has 0 spiro atoms. The molecule has 1 unspecified atom stereocenters. The number of nitrogens with one attached hydrogen (secondary N) is 3. The molecule has 5 nitrogen and oxygen atoms in total. The van der Waals surface area contributed by atoms with Crippen molar-refractivity contribution in [2.24, 2.45) is 5.92 Å². The van der Waals surface area contributed by atoms with Crippen LogP contribution in [0.5, 0.6) is 0 Å². The standard InChI is InChI=1S/C18H27Cl2N3O2/c1-12(2)5-6-13(3)21-17(24)10-23(4)11-18(25)22-14-7-8-15(19)16(20)9-14/h7-9,12-13H,5-6,10-11H2,1-4H3,(H,21,24)(H,22,25)/p+1/t13-/m0/s1. The monoisotopic (exact) mass is 388 g/mol. The fourth-order valence-electron chi connectivity index (χ4n) is 2.37. The summed E-state index contributed by atoms with van der Waals surface area (Å²) in [5.41, 5.74) is 0.582. The van der Waals surface area contributed by atoms with Crippen LogP contribution in [0.4, 0.5) is 5.69 Å². The van der Waals surface area contributed by atoms with Crippen molar-refractivity contribution < 1.29 is 14.5 Å². The van der Waals surface area contributed by atoms with E-state index >= 15 is 0 Å². The van der Waals surface area contributed by atoms with Crippen LogP contribution < -0.4 is 15.5 Å². The average Bonchev–Trinajstić information content (AvgIpc) is 2.48. The molecular formula is C18H28Cl2N3O2+. The van der Waals surface area contributed by atoms with E-state index in [1.807, 2.05) is 14.0 Å². The van der Waals surface area contributed by atoms with Crippen LogP contribution >= 0.6 is 23.2 Å². The third-order valence-electron chi connectivity index (χ3n) is 3.71. The van der Waals surface area contributed by atoms with Crippen LogP contribution in [-0.4, -0.2) is 38.0 Å². The van der Waals surface area contributed by atoms with Gasteiger partial charge in [0, 0.05) is 11.7 Å². The van der Waals surface area contributed by atoms with E-state index < -0.39 is 0 Å². The molecule has 0 heterocycles. The van der Waals surface area contributed by atoms with E-state index in [9.17, 15) is 9.59 Å². The molecule has 1 aromatic rings. The second-order valence-corrected chi connectivity index (χ2v) is 7.74. The van der Waals surface area contributed by atoms with Gasteiger partial charge in [-0.25, -0.2) is 0 Å². The maximum Gasteiger partial charge on any atom is 0.279 e. The van der Waals surface area contributed by atoms with E-state index in [0.29, 0.717) is 21.7 Å². The van der Waals surface area contributed by atoms with Crippen LogP contribution in [0.2, 0.25) is 10.0 Å². The largest absolute Gasteiger partial charge is 0.349 e. The minimum Gasteiger partial charge on any atom is -0.349 e. The molecule has 1 aromatic carbocycles. The minimum absolute atomic E-state index is 0.0453.